The largest absolute Gasteiger partial charge is 0.508 e. The maximum Gasteiger partial charge on any atom is 0.261 e. The van der Waals surface area contributed by atoms with E-state index >= 15 is 0 Å². The van der Waals surface area contributed by atoms with E-state index in [1.807, 2.05) is 43.3 Å². The molecule has 0 unspecified atom stereocenters. The van der Waals surface area contributed by atoms with Gasteiger partial charge in [-0.15, -0.1) is 0 Å². The van der Waals surface area contributed by atoms with Gasteiger partial charge in [0.2, 0.25) is 0 Å². The summed E-state index contributed by atoms with van der Waals surface area (Å²) in [6, 6.07) is 20.1. The van der Waals surface area contributed by atoms with Crippen LogP contribution in [0.5, 0.6) is 23.0 Å². The molecule has 10 heteroatoms. The summed E-state index contributed by atoms with van der Waals surface area (Å²) in [6.07, 6.45) is 0.333. The number of nitrogens with zero attached hydrogens (tertiary/aromatic N) is 1. The number of hydrogen-bond donors (Lipinski definition) is 3. The van der Waals surface area contributed by atoms with Gasteiger partial charge in [0.25, 0.3) is 10.1 Å². The molecule has 0 spiro atoms. The first-order valence-electron chi connectivity index (χ1n) is 12.5. The minimum atomic E-state index is -3.67. The molecule has 0 radical (unpaired) electrons. The molecule has 1 atom stereocenters. The average molecular weight is 558 g/mol. The van der Waals surface area contributed by atoms with Gasteiger partial charge in [0, 0.05) is 36.7 Å². The fourth-order valence-electron chi connectivity index (χ4n) is 4.71. The molecule has 3 N–H and O–H groups in total. The van der Waals surface area contributed by atoms with Crippen LogP contribution in [0.1, 0.15) is 29.7 Å². The summed E-state index contributed by atoms with van der Waals surface area (Å²) in [7, 11) is -3.67. The zero-order valence-corrected chi connectivity index (χ0v) is 22.6. The number of ether oxygens (including phenoxy) is 2. The van der Waals surface area contributed by atoms with Crippen molar-refractivity contribution >= 4 is 21.3 Å². The van der Waals surface area contributed by atoms with Gasteiger partial charge >= 0.3 is 0 Å². The molecule has 2 heterocycles. The Morgan fingerprint density at radius 2 is 1.69 bits per heavy atom. The highest BCUT2D eigenvalue weighted by Gasteiger charge is 2.30. The summed E-state index contributed by atoms with van der Waals surface area (Å²) in [5.74, 6) is 2.01. The Hall–Kier alpha value is -3.60. The van der Waals surface area contributed by atoms with Gasteiger partial charge in [0.05, 0.1) is 12.9 Å². The van der Waals surface area contributed by atoms with E-state index in [2.05, 4.69) is 4.90 Å². The predicted molar refractivity (Wildman–Crippen MR) is 147 cm³/mol. The minimum absolute atomic E-state index is 0.176. The number of rotatable bonds is 7. The number of aromatic hydroxyl groups is 2. The van der Waals surface area contributed by atoms with Crippen molar-refractivity contribution in [3.8, 4) is 23.0 Å². The molecule has 0 amide bonds. The van der Waals surface area contributed by atoms with Gasteiger partial charge in [-0.2, -0.15) is 8.42 Å². The van der Waals surface area contributed by atoms with Crippen molar-refractivity contribution in [1.29, 1.82) is 0 Å². The second-order valence-corrected chi connectivity index (χ2v) is 11.2. The third-order valence-electron chi connectivity index (χ3n) is 6.55. The average Bonchev–Trinajstić information content (AvgIpc) is 2.85. The standard InChI is InChI=1S/C28H28FNO4.CH4O3S/c1-18-25-14-23(32)7-10-26(25)34-28(27(18)21-3-2-4-22(31)13-21)20-5-8-24(9-6-20)33-12-11-30-16-19(15-29)17-30;1-5(2,3)4/h2-10,13-14,19,28,31-32H,11-12,15-17H2,1H3;1H3,(H,2,3,4)/t28-;/m0./s1. The molecule has 5 rings (SSSR count). The molecule has 2 aliphatic heterocycles. The summed E-state index contributed by atoms with van der Waals surface area (Å²) in [4.78, 5) is 2.19. The Bertz CT molecular complexity index is 1430. The molecule has 0 aromatic heterocycles. The van der Waals surface area contributed by atoms with Crippen molar-refractivity contribution in [2.24, 2.45) is 5.92 Å². The van der Waals surface area contributed by atoms with Crippen molar-refractivity contribution in [3.63, 3.8) is 0 Å². The number of allylic oxidation sites excluding steroid dienone is 1. The van der Waals surface area contributed by atoms with E-state index in [9.17, 15) is 23.0 Å². The van der Waals surface area contributed by atoms with Crippen LogP contribution in [-0.2, 0) is 10.1 Å². The lowest BCUT2D eigenvalue weighted by Gasteiger charge is -2.37. The number of benzene rings is 3. The zero-order chi connectivity index (χ0) is 28.2. The van der Waals surface area contributed by atoms with Crippen molar-refractivity contribution < 1.29 is 37.0 Å². The molecule has 1 fully saturated rings. The topological polar surface area (TPSA) is 117 Å². The molecule has 208 valence electrons. The molecule has 2 aliphatic rings. The lowest BCUT2D eigenvalue weighted by atomic mass is 9.86. The highest BCUT2D eigenvalue weighted by molar-refractivity contribution is 7.85. The van der Waals surface area contributed by atoms with Crippen LogP contribution in [-0.4, -0.2) is 67.3 Å². The SMILES string of the molecule is CC1=C(c2cccc(O)c2)[C@H](c2ccc(OCCN3CC(CF)C3)cc2)Oc2ccc(O)cc21.CS(=O)(=O)O. The monoisotopic (exact) mass is 557 g/mol. The Morgan fingerprint density at radius 3 is 2.33 bits per heavy atom. The molecule has 0 aliphatic carbocycles. The van der Waals surface area contributed by atoms with Crippen LogP contribution in [0.3, 0.4) is 0 Å². The molecule has 1 saturated heterocycles. The predicted octanol–water partition coefficient (Wildman–Crippen LogP) is 4.95. The molecule has 0 saturated carbocycles. The van der Waals surface area contributed by atoms with Crippen LogP contribution in [0.15, 0.2) is 66.7 Å². The van der Waals surface area contributed by atoms with Crippen LogP contribution in [0.2, 0.25) is 0 Å². The maximum atomic E-state index is 12.6. The van der Waals surface area contributed by atoms with Gasteiger partial charge in [-0.05, 0) is 66.1 Å². The van der Waals surface area contributed by atoms with E-state index < -0.39 is 10.1 Å². The first-order valence-corrected chi connectivity index (χ1v) is 14.3. The van der Waals surface area contributed by atoms with Crippen LogP contribution in [0.4, 0.5) is 4.39 Å². The second-order valence-electron chi connectivity index (χ2n) is 9.70. The Morgan fingerprint density at radius 1 is 1.03 bits per heavy atom. The number of likely N-dealkylation sites (tertiary alicyclic amines) is 1. The molecular formula is C29H32FNO7S. The molecule has 39 heavy (non-hydrogen) atoms. The van der Waals surface area contributed by atoms with Crippen molar-refractivity contribution in [2.75, 3.05) is 39.2 Å². The molecule has 3 aromatic carbocycles. The van der Waals surface area contributed by atoms with Gasteiger partial charge in [0.15, 0.2) is 0 Å². The van der Waals surface area contributed by atoms with Gasteiger partial charge in [-0.25, -0.2) is 0 Å². The van der Waals surface area contributed by atoms with E-state index in [4.69, 9.17) is 14.0 Å². The van der Waals surface area contributed by atoms with Crippen LogP contribution < -0.4 is 9.47 Å². The first kappa shape index (κ1) is 28.4. The van der Waals surface area contributed by atoms with E-state index in [0.717, 1.165) is 53.2 Å². The number of phenols is 2. The molecule has 3 aromatic rings. The Labute approximate surface area is 227 Å². The summed E-state index contributed by atoms with van der Waals surface area (Å²) in [5, 5.41) is 20.1. The first-order chi connectivity index (χ1) is 18.5. The number of hydrogen-bond acceptors (Lipinski definition) is 7. The highest BCUT2D eigenvalue weighted by atomic mass is 32.2. The summed E-state index contributed by atoms with van der Waals surface area (Å²) < 4.78 is 50.8. The quantitative estimate of drug-likeness (QED) is 0.350. The summed E-state index contributed by atoms with van der Waals surface area (Å²) in [6.45, 7) is 4.72. The fourth-order valence-corrected chi connectivity index (χ4v) is 4.71. The summed E-state index contributed by atoms with van der Waals surface area (Å²) in [5.41, 5.74) is 4.56. The maximum absolute atomic E-state index is 12.6. The minimum Gasteiger partial charge on any atom is -0.508 e. The Kier molecular flexibility index (Phi) is 8.79. The number of fused-ring (bicyclic) bond motifs is 1. The van der Waals surface area contributed by atoms with Crippen molar-refractivity contribution in [1.82, 2.24) is 4.90 Å². The third kappa shape index (κ3) is 7.50. The molecule has 8 nitrogen and oxygen atoms in total. The van der Waals surface area contributed by atoms with Crippen LogP contribution in [0.25, 0.3) is 11.1 Å². The fraction of sp³-hybridized carbons (Fsp3) is 0.310. The van der Waals surface area contributed by atoms with Gasteiger partial charge < -0.3 is 19.7 Å². The van der Waals surface area contributed by atoms with Gasteiger partial charge in [-0.3, -0.25) is 13.8 Å². The van der Waals surface area contributed by atoms with E-state index in [-0.39, 0.29) is 30.2 Å². The number of halogens is 1. The highest BCUT2D eigenvalue weighted by Crippen LogP contribution is 2.47. The van der Waals surface area contributed by atoms with Crippen LogP contribution >= 0.6 is 0 Å². The molecule has 0 bridgehead atoms. The normalized spacial score (nSPS) is 17.4. The van der Waals surface area contributed by atoms with Gasteiger partial charge in [-0.1, -0.05) is 24.3 Å². The second kappa shape index (κ2) is 12.1. The lowest BCUT2D eigenvalue weighted by molar-refractivity contribution is 0.0668. The number of alkyl halides is 1. The van der Waals surface area contributed by atoms with E-state index in [1.54, 1.807) is 30.3 Å². The summed E-state index contributed by atoms with van der Waals surface area (Å²) >= 11 is 0. The smallest absolute Gasteiger partial charge is 0.261 e. The third-order valence-corrected chi connectivity index (χ3v) is 6.55. The Balaban J connectivity index is 0.000000648. The van der Waals surface area contributed by atoms with Gasteiger partial charge in [0.1, 0.15) is 35.7 Å². The zero-order valence-electron chi connectivity index (χ0n) is 21.7. The lowest BCUT2D eigenvalue weighted by Crippen LogP contribution is -2.49. The number of phenolic OH excluding ortho intramolecular Hbond substituents is 2. The van der Waals surface area contributed by atoms with E-state index in [1.165, 1.54) is 0 Å². The van der Waals surface area contributed by atoms with Crippen molar-refractivity contribution in [2.45, 2.75) is 13.0 Å². The van der Waals surface area contributed by atoms with Crippen molar-refractivity contribution in [3.05, 3.63) is 83.4 Å². The molecular weight excluding hydrogens is 525 g/mol. The van der Waals surface area contributed by atoms with E-state index in [0.29, 0.717) is 18.6 Å². The van der Waals surface area contributed by atoms with Crippen LogP contribution in [0, 0.1) is 5.92 Å².